The van der Waals surface area contributed by atoms with Crippen molar-refractivity contribution in [3.8, 4) is 11.5 Å². The molecular weight excluding hydrogens is 1350 g/mol. The predicted molar refractivity (Wildman–Crippen MR) is 380 cm³/mol. The molecule has 4 aromatic rings. The van der Waals surface area contributed by atoms with E-state index in [0.717, 1.165) is 72.8 Å². The second-order valence-electron chi connectivity index (χ2n) is 28.4. The summed E-state index contributed by atoms with van der Waals surface area (Å²) in [7, 11) is 2.76. The molecule has 99 heavy (non-hydrogen) atoms. The summed E-state index contributed by atoms with van der Waals surface area (Å²) < 4.78 is 116. The highest BCUT2D eigenvalue weighted by molar-refractivity contribution is 7.88. The number of hydrogen-bond donors (Lipinski definition) is 2. The molecular formula is C73H96Cl2F2N8O12S2. The van der Waals surface area contributed by atoms with Gasteiger partial charge in [-0.1, -0.05) is 79.2 Å². The molecule has 4 aliphatic heterocycles. The molecule has 540 valence electrons. The quantitative estimate of drug-likeness (QED) is 0.157. The molecule has 2 N–H and O–H groups in total. The predicted octanol–water partition coefficient (Wildman–Crippen LogP) is 10.1. The van der Waals surface area contributed by atoms with Gasteiger partial charge in [-0.15, -0.1) is 0 Å². The monoisotopic (exact) mass is 1450 g/mol. The largest absolute Gasteiger partial charge is 0.490 e. The van der Waals surface area contributed by atoms with Gasteiger partial charge in [-0.25, -0.2) is 18.2 Å². The van der Waals surface area contributed by atoms with Gasteiger partial charge in [0.2, 0.25) is 23.2 Å². The lowest BCUT2D eigenvalue weighted by Gasteiger charge is -2.46. The molecule has 0 radical (unpaired) electrons. The van der Waals surface area contributed by atoms with E-state index in [2.05, 4.69) is 34.1 Å². The van der Waals surface area contributed by atoms with Crippen molar-refractivity contribution in [2.75, 3.05) is 119 Å². The van der Waals surface area contributed by atoms with Crippen LogP contribution in [0.4, 0.5) is 20.2 Å². The summed E-state index contributed by atoms with van der Waals surface area (Å²) in [5.74, 6) is -1.98. The Bertz CT molecular complexity index is 3730. The number of benzene rings is 4. The van der Waals surface area contributed by atoms with E-state index in [4.69, 9.17) is 42.1 Å². The Morgan fingerprint density at radius 3 is 1.34 bits per heavy atom. The third-order valence-electron chi connectivity index (χ3n) is 21.9. The van der Waals surface area contributed by atoms with Gasteiger partial charge in [0.05, 0.1) is 49.6 Å². The van der Waals surface area contributed by atoms with Crippen LogP contribution in [0.15, 0.2) is 97.1 Å². The highest BCUT2D eigenvalue weighted by Gasteiger charge is 2.51. The summed E-state index contributed by atoms with van der Waals surface area (Å²) in [6.07, 6.45) is 16.7. The van der Waals surface area contributed by atoms with Gasteiger partial charge in [-0.3, -0.25) is 19.2 Å². The Morgan fingerprint density at radius 1 is 0.596 bits per heavy atom. The van der Waals surface area contributed by atoms with Crippen molar-refractivity contribution in [2.24, 2.45) is 23.7 Å². The molecule has 0 unspecified atom stereocenters. The number of carbonyl (C=O) groups excluding carboxylic acids is 4. The zero-order valence-electron chi connectivity index (χ0n) is 57.2. The summed E-state index contributed by atoms with van der Waals surface area (Å²) in [5, 5.41) is 1.38. The Morgan fingerprint density at radius 2 is 0.990 bits per heavy atom. The van der Waals surface area contributed by atoms with Crippen molar-refractivity contribution in [1.82, 2.24) is 27.9 Å². The Balaban J connectivity index is 0.000000212. The number of methoxy groups -OCH3 is 2. The van der Waals surface area contributed by atoms with E-state index in [0.29, 0.717) is 85.2 Å². The van der Waals surface area contributed by atoms with Gasteiger partial charge in [-0.05, 0) is 172 Å². The highest BCUT2D eigenvalue weighted by Crippen LogP contribution is 2.51. The third kappa shape index (κ3) is 15.5. The van der Waals surface area contributed by atoms with Gasteiger partial charge in [-0.2, -0.15) is 25.4 Å². The van der Waals surface area contributed by atoms with E-state index in [1.54, 1.807) is 52.6 Å². The summed E-state index contributed by atoms with van der Waals surface area (Å²) in [4.78, 5) is 61.6. The van der Waals surface area contributed by atoms with Gasteiger partial charge in [0, 0.05) is 128 Å². The SMILES string of the molecule is C.CO[C@H]1/C=C/CCN(C)C(=O)C[C@@](F)(C(=O)NS(=O)(=O)N(C)C)c2ccc3c(c2)N(C[C@@H]2CC[C@H]21)C[C@@]1(CCCc2cc(Cl)ccc21)CO3.CO[C@H]1/C=C/CCN(C)C(=O)C[C@](F)(C(=O)NS(=O)(=O)N(C)C)c2ccc3c(c2)N(C[C@@H]2CC[C@H]21)C[C@@]1(CCCc2cc(Cl)ccc21)CO3. The molecule has 4 aromatic carbocycles. The van der Waals surface area contributed by atoms with E-state index >= 15 is 8.78 Å². The second kappa shape index (κ2) is 30.3. The Hall–Kier alpha value is -6.38. The van der Waals surface area contributed by atoms with Crippen LogP contribution in [0, 0.1) is 23.7 Å². The van der Waals surface area contributed by atoms with E-state index in [1.165, 1.54) is 72.4 Å². The number of carbonyl (C=O) groups is 4. The fourth-order valence-corrected chi connectivity index (χ4v) is 17.3. The van der Waals surface area contributed by atoms with Crippen LogP contribution >= 0.6 is 23.2 Å². The first-order valence-electron chi connectivity index (χ1n) is 33.9. The van der Waals surface area contributed by atoms with Crippen molar-refractivity contribution >= 4 is 78.6 Å². The van der Waals surface area contributed by atoms with Crippen LogP contribution in [-0.4, -0.2) is 180 Å². The lowest BCUT2D eigenvalue weighted by Crippen LogP contribution is -2.50. The molecule has 4 amide bonds. The zero-order chi connectivity index (χ0) is 70.3. The minimum Gasteiger partial charge on any atom is -0.490 e. The standard InChI is InChI=1S/2C36H46ClFN4O6S.CH4/c2*1-40(2)49(45,46)39-34(44)36(38)20-33(43)41(3)17-6-5-9-31(47-4)28-13-10-25(28)21-42-22-35(23-48-32-15-11-26(36)19-30(32)42)16-7-8-24-18-27(37)12-14-29(24)35;/h2*5,9,11-12,14-15,18-19,25,28,31H,6-8,10,13,16-17,20-23H2,1-4H3,(H,39,44);1H4/b2*9-5+;/t25-,28+,31-,35-,36+;25-,28+,31-,35-,36-;/m00./s1. The Kier molecular flexibility index (Phi) is 23.0. The van der Waals surface area contributed by atoms with Gasteiger partial charge in [0.1, 0.15) is 11.5 Å². The summed E-state index contributed by atoms with van der Waals surface area (Å²) in [5.41, 5.74) is -1.02. The van der Waals surface area contributed by atoms with Crippen LogP contribution in [0.25, 0.3) is 0 Å². The molecule has 26 heteroatoms. The van der Waals surface area contributed by atoms with Crippen molar-refractivity contribution in [2.45, 2.75) is 132 Å². The van der Waals surface area contributed by atoms with Crippen molar-refractivity contribution in [3.05, 3.63) is 141 Å². The van der Waals surface area contributed by atoms with Crippen molar-refractivity contribution in [3.63, 3.8) is 0 Å². The number of nitrogens with zero attached hydrogens (tertiary/aromatic N) is 6. The fraction of sp³-hybridized carbons (Fsp3) is 0.562. The van der Waals surface area contributed by atoms with Crippen LogP contribution in [0.1, 0.15) is 118 Å². The topological polar surface area (TPSA) is 217 Å². The molecule has 10 atom stereocenters. The molecule has 0 saturated heterocycles. The lowest BCUT2D eigenvalue weighted by atomic mass is 9.68. The van der Waals surface area contributed by atoms with Gasteiger partial charge in [0.15, 0.2) is 0 Å². The molecule has 4 aliphatic carbocycles. The first kappa shape index (κ1) is 75.3. The molecule has 12 rings (SSSR count). The van der Waals surface area contributed by atoms with Crippen LogP contribution in [0.2, 0.25) is 10.0 Å². The van der Waals surface area contributed by atoms with Crippen LogP contribution < -0.4 is 28.7 Å². The number of amides is 4. The number of aryl methyl sites for hydroxylation is 2. The first-order chi connectivity index (χ1) is 46.5. The van der Waals surface area contributed by atoms with E-state index in [9.17, 15) is 36.0 Å². The summed E-state index contributed by atoms with van der Waals surface area (Å²) in [6, 6.07) is 21.4. The molecule has 2 saturated carbocycles. The summed E-state index contributed by atoms with van der Waals surface area (Å²) >= 11 is 12.9. The van der Waals surface area contributed by atoms with Crippen molar-refractivity contribution < 1.29 is 63.7 Å². The molecule has 8 aliphatic rings. The average molecular weight is 1450 g/mol. The van der Waals surface area contributed by atoms with E-state index in [-0.39, 0.29) is 78.4 Å². The maximum Gasteiger partial charge on any atom is 0.303 e. The average Bonchev–Trinajstić information content (AvgIpc) is 1.69. The molecule has 2 fully saturated rings. The highest BCUT2D eigenvalue weighted by atomic mass is 35.5. The van der Waals surface area contributed by atoms with Crippen LogP contribution in [-0.2, 0) is 84.1 Å². The number of nitrogens with one attached hydrogen (secondary N) is 2. The van der Waals surface area contributed by atoms with Crippen molar-refractivity contribution in [1.29, 1.82) is 0 Å². The molecule has 0 aromatic heterocycles. The minimum absolute atomic E-state index is 0. The normalized spacial score (nSPS) is 29.4. The Labute approximate surface area is 593 Å². The maximum atomic E-state index is 17.5. The van der Waals surface area contributed by atoms with Gasteiger partial charge in [0.25, 0.3) is 11.8 Å². The second-order valence-corrected chi connectivity index (χ2v) is 33.1. The number of ether oxygens (including phenoxy) is 4. The van der Waals surface area contributed by atoms with Crippen LogP contribution in [0.3, 0.4) is 0 Å². The van der Waals surface area contributed by atoms with E-state index < -0.39 is 68.2 Å². The molecule has 4 heterocycles. The number of fused-ring (bicyclic) bond motifs is 8. The number of alkyl halides is 2. The van der Waals surface area contributed by atoms with Gasteiger partial charge >= 0.3 is 20.4 Å². The minimum atomic E-state index is -4.36. The molecule has 4 bridgehead atoms. The maximum absolute atomic E-state index is 17.5. The number of halogens is 4. The smallest absolute Gasteiger partial charge is 0.303 e. The molecule has 2 spiro atoms. The van der Waals surface area contributed by atoms with E-state index in [1.807, 2.05) is 45.9 Å². The number of anilines is 2. The van der Waals surface area contributed by atoms with Crippen LogP contribution in [0.5, 0.6) is 11.5 Å². The fourth-order valence-electron chi connectivity index (χ4n) is 15.7. The number of hydrogen-bond acceptors (Lipinski definition) is 14. The number of rotatable bonds is 8. The first-order valence-corrected chi connectivity index (χ1v) is 37.5. The third-order valence-corrected chi connectivity index (χ3v) is 25.2. The summed E-state index contributed by atoms with van der Waals surface area (Å²) in [6.45, 7) is 3.81. The molecule has 20 nitrogen and oxygen atoms in total. The lowest BCUT2D eigenvalue weighted by molar-refractivity contribution is -0.141. The van der Waals surface area contributed by atoms with Gasteiger partial charge < -0.3 is 38.5 Å². The zero-order valence-corrected chi connectivity index (χ0v) is 60.3.